The quantitative estimate of drug-likeness (QED) is 0.628. The number of aromatic nitrogens is 2. The van der Waals surface area contributed by atoms with Crippen LogP contribution in [0, 0.1) is 0 Å². The molecule has 1 aromatic carbocycles. The van der Waals surface area contributed by atoms with Gasteiger partial charge in [0.15, 0.2) is 0 Å². The van der Waals surface area contributed by atoms with Crippen molar-refractivity contribution in [3.63, 3.8) is 0 Å². The van der Waals surface area contributed by atoms with Crippen LogP contribution in [0.1, 0.15) is 0 Å². The predicted octanol–water partition coefficient (Wildman–Crippen LogP) is 1.54. The zero-order chi connectivity index (χ0) is 13.0. The zero-order valence-corrected chi connectivity index (χ0v) is 10.3. The van der Waals surface area contributed by atoms with Gasteiger partial charge in [0.25, 0.3) is 0 Å². The maximum atomic E-state index is 5.32. The molecule has 0 bridgehead atoms. The van der Waals surface area contributed by atoms with Crippen LogP contribution in [-0.2, 0) is 0 Å². The van der Waals surface area contributed by atoms with E-state index < -0.39 is 0 Å². The van der Waals surface area contributed by atoms with E-state index in [0.717, 1.165) is 17.3 Å². The number of nitrogen functional groups attached to an aromatic ring is 1. The summed E-state index contributed by atoms with van der Waals surface area (Å²) in [6.45, 7) is 0. The SMILES string of the molecule is COc1ccccc1N(C)c1ccnc(NN)n1. The van der Waals surface area contributed by atoms with Crippen LogP contribution in [-0.4, -0.2) is 24.1 Å². The first-order chi connectivity index (χ1) is 8.76. The summed E-state index contributed by atoms with van der Waals surface area (Å²) >= 11 is 0. The van der Waals surface area contributed by atoms with Gasteiger partial charge in [-0.1, -0.05) is 12.1 Å². The number of nitrogens with one attached hydrogen (secondary N) is 1. The number of anilines is 3. The largest absolute Gasteiger partial charge is 0.495 e. The van der Waals surface area contributed by atoms with Crippen molar-refractivity contribution in [1.82, 2.24) is 9.97 Å². The van der Waals surface area contributed by atoms with Crippen molar-refractivity contribution >= 4 is 17.5 Å². The van der Waals surface area contributed by atoms with Crippen molar-refractivity contribution < 1.29 is 4.74 Å². The summed E-state index contributed by atoms with van der Waals surface area (Å²) in [5.74, 6) is 7.17. The highest BCUT2D eigenvalue weighted by Gasteiger charge is 2.10. The average molecular weight is 245 g/mol. The van der Waals surface area contributed by atoms with E-state index in [1.807, 2.05) is 36.2 Å². The summed E-state index contributed by atoms with van der Waals surface area (Å²) in [5.41, 5.74) is 3.34. The van der Waals surface area contributed by atoms with Gasteiger partial charge in [-0.25, -0.2) is 10.8 Å². The van der Waals surface area contributed by atoms with Gasteiger partial charge < -0.3 is 9.64 Å². The highest BCUT2D eigenvalue weighted by atomic mass is 16.5. The Kier molecular flexibility index (Phi) is 3.59. The molecule has 0 unspecified atom stereocenters. The Balaban J connectivity index is 2.37. The second-order valence-electron chi connectivity index (χ2n) is 3.61. The van der Waals surface area contributed by atoms with Crippen molar-refractivity contribution in [2.24, 2.45) is 5.84 Å². The molecule has 0 spiro atoms. The van der Waals surface area contributed by atoms with E-state index in [4.69, 9.17) is 10.6 Å². The topological polar surface area (TPSA) is 76.3 Å². The van der Waals surface area contributed by atoms with Crippen LogP contribution in [0.3, 0.4) is 0 Å². The lowest BCUT2D eigenvalue weighted by Crippen LogP contribution is -2.15. The number of nitrogens with zero attached hydrogens (tertiary/aromatic N) is 3. The molecule has 2 aromatic rings. The van der Waals surface area contributed by atoms with E-state index in [1.54, 1.807) is 19.4 Å². The van der Waals surface area contributed by atoms with Gasteiger partial charge in [-0.05, 0) is 18.2 Å². The van der Waals surface area contributed by atoms with Crippen LogP contribution >= 0.6 is 0 Å². The zero-order valence-electron chi connectivity index (χ0n) is 10.3. The fourth-order valence-corrected chi connectivity index (χ4v) is 1.64. The Bertz CT molecular complexity index is 531. The fourth-order valence-electron chi connectivity index (χ4n) is 1.64. The molecule has 1 aromatic heterocycles. The van der Waals surface area contributed by atoms with Gasteiger partial charge in [-0.15, -0.1) is 0 Å². The molecule has 0 saturated carbocycles. The van der Waals surface area contributed by atoms with E-state index in [1.165, 1.54) is 0 Å². The summed E-state index contributed by atoms with van der Waals surface area (Å²) in [6.07, 6.45) is 1.64. The molecule has 0 atom stereocenters. The minimum absolute atomic E-state index is 0.370. The molecule has 0 aliphatic carbocycles. The Hall–Kier alpha value is -2.34. The van der Waals surface area contributed by atoms with Crippen LogP contribution in [0.4, 0.5) is 17.5 Å². The highest BCUT2D eigenvalue weighted by molar-refractivity contribution is 5.66. The normalized spacial score (nSPS) is 9.94. The fraction of sp³-hybridized carbons (Fsp3) is 0.167. The summed E-state index contributed by atoms with van der Waals surface area (Å²) in [4.78, 5) is 10.1. The molecule has 0 aliphatic heterocycles. The Labute approximate surface area is 105 Å². The summed E-state index contributed by atoms with van der Waals surface area (Å²) in [7, 11) is 3.54. The average Bonchev–Trinajstić information content (AvgIpc) is 2.46. The molecule has 0 aliphatic rings. The molecule has 0 amide bonds. The molecule has 2 rings (SSSR count). The first-order valence-electron chi connectivity index (χ1n) is 5.42. The van der Waals surface area contributed by atoms with Crippen LogP contribution in [0.15, 0.2) is 36.5 Å². The maximum absolute atomic E-state index is 5.32. The summed E-state index contributed by atoms with van der Waals surface area (Å²) < 4.78 is 5.32. The lowest BCUT2D eigenvalue weighted by atomic mass is 10.2. The van der Waals surface area contributed by atoms with Crippen molar-refractivity contribution in [3.05, 3.63) is 36.5 Å². The van der Waals surface area contributed by atoms with Crippen LogP contribution in [0.5, 0.6) is 5.75 Å². The number of rotatable bonds is 4. The van der Waals surface area contributed by atoms with E-state index in [0.29, 0.717) is 5.95 Å². The molecule has 1 heterocycles. The van der Waals surface area contributed by atoms with E-state index >= 15 is 0 Å². The van der Waals surface area contributed by atoms with Crippen LogP contribution in [0.25, 0.3) is 0 Å². The van der Waals surface area contributed by atoms with E-state index in [9.17, 15) is 0 Å². The molecule has 0 fully saturated rings. The number of hydrogen-bond acceptors (Lipinski definition) is 6. The molecule has 94 valence electrons. The Morgan fingerprint density at radius 1 is 1.28 bits per heavy atom. The first-order valence-corrected chi connectivity index (χ1v) is 5.42. The smallest absolute Gasteiger partial charge is 0.239 e. The van der Waals surface area contributed by atoms with Gasteiger partial charge in [-0.3, -0.25) is 5.43 Å². The van der Waals surface area contributed by atoms with Crippen molar-refractivity contribution in [2.45, 2.75) is 0 Å². The minimum atomic E-state index is 0.370. The van der Waals surface area contributed by atoms with Crippen molar-refractivity contribution in [2.75, 3.05) is 24.5 Å². The summed E-state index contributed by atoms with van der Waals surface area (Å²) in [5, 5.41) is 0. The molecular formula is C12H15N5O. The third-order valence-corrected chi connectivity index (χ3v) is 2.56. The van der Waals surface area contributed by atoms with Crippen molar-refractivity contribution in [1.29, 1.82) is 0 Å². The maximum Gasteiger partial charge on any atom is 0.239 e. The third kappa shape index (κ3) is 2.33. The second kappa shape index (κ2) is 5.33. The standard InChI is InChI=1S/C12H15N5O/c1-17(9-5-3-4-6-10(9)18-2)11-7-8-14-12(15-11)16-13/h3-8H,13H2,1-2H3,(H,14,15,16). The minimum Gasteiger partial charge on any atom is -0.495 e. The van der Waals surface area contributed by atoms with Crippen LogP contribution in [0.2, 0.25) is 0 Å². The predicted molar refractivity (Wildman–Crippen MR) is 70.9 cm³/mol. The lowest BCUT2D eigenvalue weighted by molar-refractivity contribution is 0.415. The third-order valence-electron chi connectivity index (χ3n) is 2.56. The van der Waals surface area contributed by atoms with Crippen LogP contribution < -0.4 is 20.9 Å². The molecule has 18 heavy (non-hydrogen) atoms. The number of methoxy groups -OCH3 is 1. The van der Waals surface area contributed by atoms with Gasteiger partial charge in [0.05, 0.1) is 12.8 Å². The lowest BCUT2D eigenvalue weighted by Gasteiger charge is -2.20. The highest BCUT2D eigenvalue weighted by Crippen LogP contribution is 2.31. The molecule has 6 heteroatoms. The number of ether oxygens (including phenoxy) is 1. The first kappa shape index (κ1) is 12.1. The van der Waals surface area contributed by atoms with Gasteiger partial charge in [0.2, 0.25) is 5.95 Å². The van der Waals surface area contributed by atoms with Gasteiger partial charge >= 0.3 is 0 Å². The number of hydrazine groups is 1. The number of hydrogen-bond donors (Lipinski definition) is 2. The Morgan fingerprint density at radius 3 is 2.78 bits per heavy atom. The van der Waals surface area contributed by atoms with Gasteiger partial charge in [0.1, 0.15) is 11.6 Å². The van der Waals surface area contributed by atoms with Crippen molar-refractivity contribution in [3.8, 4) is 5.75 Å². The molecular weight excluding hydrogens is 230 g/mol. The molecule has 0 radical (unpaired) electrons. The number of benzene rings is 1. The number of nitrogens with two attached hydrogens (primary N) is 1. The Morgan fingerprint density at radius 2 is 2.06 bits per heavy atom. The van der Waals surface area contributed by atoms with Gasteiger partial charge in [-0.2, -0.15) is 4.98 Å². The van der Waals surface area contributed by atoms with Gasteiger partial charge in [0, 0.05) is 13.2 Å². The second-order valence-corrected chi connectivity index (χ2v) is 3.61. The monoisotopic (exact) mass is 245 g/mol. The molecule has 0 saturated heterocycles. The molecule has 6 nitrogen and oxygen atoms in total. The van der Waals surface area contributed by atoms with E-state index in [2.05, 4.69) is 15.4 Å². The summed E-state index contributed by atoms with van der Waals surface area (Å²) in [6, 6.07) is 9.51. The number of para-hydroxylation sites is 2. The molecule has 3 N–H and O–H groups in total. The van der Waals surface area contributed by atoms with E-state index in [-0.39, 0.29) is 0 Å².